The second kappa shape index (κ2) is 32.3. The Bertz CT molecular complexity index is 2060. The molecule has 31 heteroatoms. The van der Waals surface area contributed by atoms with Gasteiger partial charge in [-0.1, -0.05) is 12.5 Å². The summed E-state index contributed by atoms with van der Waals surface area (Å²) in [5, 5.41) is 148. The number of nitro groups is 1. The van der Waals surface area contributed by atoms with Gasteiger partial charge in [0.2, 0.25) is 23.5 Å². The van der Waals surface area contributed by atoms with Crippen LogP contribution in [-0.2, 0) is 52.4 Å². The zero-order valence-corrected chi connectivity index (χ0v) is 44.3. The Kier molecular flexibility index (Phi) is 28.3. The Labute approximate surface area is 462 Å². The molecule has 3 aliphatic heterocycles. The van der Waals surface area contributed by atoms with Gasteiger partial charge >= 0.3 is 35.5 Å². The van der Waals surface area contributed by atoms with Crippen LogP contribution in [-0.4, -0.2) is 234 Å². The number of aliphatic hydroxyl groups excluding tert-OH is 11. The summed E-state index contributed by atoms with van der Waals surface area (Å²) >= 11 is 0. The summed E-state index contributed by atoms with van der Waals surface area (Å²) in [6.07, 6.45) is -27.4. The number of non-ortho nitro benzene ring substituents is 1. The number of aliphatic carboxylic acids is 1. The number of nitro benzene ring substituents is 1. The minimum Gasteiger partial charge on any atom is -0.544 e. The zero-order valence-electron chi connectivity index (χ0n) is 42.3. The van der Waals surface area contributed by atoms with Gasteiger partial charge in [-0.2, -0.15) is 0 Å². The van der Waals surface area contributed by atoms with Crippen molar-refractivity contribution in [2.24, 2.45) is 0 Å². The quantitative estimate of drug-likeness (QED) is 0.00647. The third kappa shape index (κ3) is 19.1. The fourth-order valence-corrected chi connectivity index (χ4v) is 8.42. The van der Waals surface area contributed by atoms with E-state index in [1.807, 2.05) is 0 Å². The van der Waals surface area contributed by atoms with Crippen LogP contribution in [0, 0.1) is 10.1 Å². The standard InChI is InChI=1S/C46H70N4O26.Na/c1-3-26(55)25(49-32(59)10-5-4-8-16-47-31(58)9-6-7-11-33(60)71-24-14-12-23(13-15-24)50(68)69)21-70-43-38(64)37(63)40(30(20-53)73-43)74-44-39(65)42(36(62)29(19-52)72-44)76-46(45(66)67)17-27(56)34(48-22(2)54)41(75-46)35(61)28(57)18-51;/h3,12-15,25-30,34-44,51-53,55-57,61-65H,1,4-11,16-21H2,2H3,(H,47,58)(H,48,54)(H,49,59)(H,66,67);/q;+1/p-1/t25-,26+,27-,28+,29+,30+,34+,35+,36-,37+,38+,39+,40+,41+,42-,43+,44-,46-;/m0./s1. The molecule has 0 aromatic heterocycles. The molecule has 0 spiro atoms. The number of amides is 3. The summed E-state index contributed by atoms with van der Waals surface area (Å²) in [5.74, 6) is -7.46. The van der Waals surface area contributed by atoms with E-state index < -0.39 is 171 Å². The molecule has 3 heterocycles. The number of esters is 1. The number of benzene rings is 1. The predicted octanol–water partition coefficient (Wildman–Crippen LogP) is -9.75. The van der Waals surface area contributed by atoms with Gasteiger partial charge in [0.1, 0.15) is 78.9 Å². The Hall–Kier alpha value is -3.97. The molecule has 0 unspecified atom stereocenters. The van der Waals surface area contributed by atoms with Crippen LogP contribution in [0.25, 0.3) is 0 Å². The molecular formula is C46H69N4NaO26. The van der Waals surface area contributed by atoms with Crippen molar-refractivity contribution in [2.75, 3.05) is 33.0 Å². The molecule has 0 aliphatic carbocycles. The van der Waals surface area contributed by atoms with Crippen LogP contribution >= 0.6 is 0 Å². The van der Waals surface area contributed by atoms with E-state index in [1.54, 1.807) is 0 Å². The average Bonchev–Trinajstić information content (AvgIpc) is 3.38. The van der Waals surface area contributed by atoms with Crippen molar-refractivity contribution >= 4 is 35.3 Å². The molecular weight excluding hydrogens is 1050 g/mol. The fraction of sp³-hybridized carbons (Fsp3) is 0.717. The van der Waals surface area contributed by atoms with Crippen molar-refractivity contribution in [1.29, 1.82) is 0 Å². The monoisotopic (exact) mass is 1120 g/mol. The van der Waals surface area contributed by atoms with E-state index >= 15 is 0 Å². The maximum Gasteiger partial charge on any atom is 1.00 e. The van der Waals surface area contributed by atoms with Crippen LogP contribution in [0.5, 0.6) is 5.75 Å². The van der Waals surface area contributed by atoms with Crippen molar-refractivity contribution in [3.63, 3.8) is 0 Å². The second-order valence-electron chi connectivity index (χ2n) is 18.3. The summed E-state index contributed by atoms with van der Waals surface area (Å²) in [6, 6.07) is 2.20. The van der Waals surface area contributed by atoms with E-state index in [0.717, 1.165) is 13.0 Å². The molecule has 4 rings (SSSR count). The van der Waals surface area contributed by atoms with Gasteiger partial charge in [0.15, 0.2) is 12.6 Å². The average molecular weight is 1120 g/mol. The van der Waals surface area contributed by atoms with Crippen LogP contribution in [0.1, 0.15) is 64.7 Å². The van der Waals surface area contributed by atoms with Crippen LogP contribution in [0.2, 0.25) is 0 Å². The second-order valence-corrected chi connectivity index (χ2v) is 18.3. The number of aliphatic hydroxyl groups is 11. The molecule has 0 saturated carbocycles. The molecule has 3 fully saturated rings. The van der Waals surface area contributed by atoms with E-state index in [4.69, 9.17) is 33.2 Å². The maximum atomic E-state index is 12.9. The van der Waals surface area contributed by atoms with E-state index in [1.165, 1.54) is 24.3 Å². The van der Waals surface area contributed by atoms with Gasteiger partial charge < -0.3 is 115 Å². The molecule has 1 aromatic rings. The Morgan fingerprint density at radius 1 is 0.844 bits per heavy atom. The Morgan fingerprint density at radius 3 is 2.06 bits per heavy atom. The smallest absolute Gasteiger partial charge is 0.544 e. The fourth-order valence-electron chi connectivity index (χ4n) is 8.42. The van der Waals surface area contributed by atoms with Crippen LogP contribution in [0.3, 0.4) is 0 Å². The van der Waals surface area contributed by atoms with Crippen LogP contribution in [0.4, 0.5) is 5.69 Å². The van der Waals surface area contributed by atoms with Gasteiger partial charge in [-0.15, -0.1) is 6.58 Å². The van der Waals surface area contributed by atoms with Gasteiger partial charge in [0, 0.05) is 51.3 Å². The number of hydrogen-bond donors (Lipinski definition) is 14. The number of nitrogens with zero attached hydrogens (tertiary/aromatic N) is 1. The minimum absolute atomic E-state index is 0. The molecule has 1 aromatic carbocycles. The van der Waals surface area contributed by atoms with Crippen LogP contribution in [0.15, 0.2) is 36.9 Å². The van der Waals surface area contributed by atoms with Gasteiger partial charge in [-0.3, -0.25) is 29.3 Å². The molecule has 18 atom stereocenters. The minimum atomic E-state index is -3.22. The van der Waals surface area contributed by atoms with E-state index in [2.05, 4.69) is 22.5 Å². The number of unbranched alkanes of at least 4 members (excludes halogenated alkanes) is 3. The molecule has 3 saturated heterocycles. The third-order valence-electron chi connectivity index (χ3n) is 12.6. The number of hydrogen-bond acceptors (Lipinski definition) is 26. The van der Waals surface area contributed by atoms with Crippen LogP contribution < -0.4 is 55.4 Å². The number of ether oxygens (including phenoxy) is 7. The Balaban J connectivity index is 0.0000156. The summed E-state index contributed by atoms with van der Waals surface area (Å²) in [4.78, 5) is 72.1. The van der Waals surface area contributed by atoms with E-state index in [9.17, 15) is 95.4 Å². The molecule has 430 valence electrons. The number of carboxylic acid groups (broad SMARTS) is 1. The first-order valence-corrected chi connectivity index (χ1v) is 24.3. The van der Waals surface area contributed by atoms with Crippen molar-refractivity contribution in [2.45, 2.75) is 175 Å². The van der Waals surface area contributed by atoms with Crippen molar-refractivity contribution in [3.05, 3.63) is 47.0 Å². The first-order chi connectivity index (χ1) is 36.0. The molecule has 0 bridgehead atoms. The summed E-state index contributed by atoms with van der Waals surface area (Å²) in [7, 11) is 0. The maximum absolute atomic E-state index is 12.9. The number of nitrogens with one attached hydrogen (secondary N) is 3. The first-order valence-electron chi connectivity index (χ1n) is 24.3. The number of carbonyl (C=O) groups is 5. The molecule has 3 aliphatic rings. The normalized spacial score (nSPS) is 30.8. The topological polar surface area (TPSA) is 475 Å². The molecule has 30 nitrogen and oxygen atoms in total. The SMILES string of the molecule is C=C[C@@H](O)[C@H](CO[C@@H]1O[C@H](CO)[C@@H](O[C@@H]2O[C@H](CO)[C@H](O)[C@H](O[C@]3(C(=O)[O-])C[C@H](O)[C@@H](NC(C)=O)[C@H]([C@H](O)[C@H](O)CO)O3)[C@H]2O)[C@H](O)[C@H]1O)NC(=O)CCCCCNC(=O)CCCCC(=O)Oc1ccc([N+](=O)[O-])cc1.[Na+]. The first kappa shape index (κ1) is 67.3. The summed E-state index contributed by atoms with van der Waals surface area (Å²) in [6.45, 7) is 1.11. The predicted molar refractivity (Wildman–Crippen MR) is 248 cm³/mol. The molecule has 14 N–H and O–H groups in total. The van der Waals surface area contributed by atoms with Gasteiger partial charge in [-0.05, 0) is 37.8 Å². The summed E-state index contributed by atoms with van der Waals surface area (Å²) < 4.78 is 38.8. The van der Waals surface area contributed by atoms with Gasteiger partial charge in [-0.25, -0.2) is 0 Å². The number of rotatable bonds is 30. The third-order valence-corrected chi connectivity index (χ3v) is 12.6. The molecule has 0 radical (unpaired) electrons. The van der Waals surface area contributed by atoms with E-state index in [-0.39, 0.29) is 66.2 Å². The molecule has 77 heavy (non-hydrogen) atoms. The van der Waals surface area contributed by atoms with Crippen molar-refractivity contribution in [1.82, 2.24) is 16.0 Å². The number of carboxylic acids is 1. The molecule has 3 amide bonds. The number of carbonyl (C=O) groups excluding carboxylic acids is 5. The van der Waals surface area contributed by atoms with E-state index in [0.29, 0.717) is 38.6 Å². The van der Waals surface area contributed by atoms with Crippen molar-refractivity contribution < 1.29 is 153 Å². The summed E-state index contributed by atoms with van der Waals surface area (Å²) in [5.41, 5.74) is -0.149. The largest absolute Gasteiger partial charge is 1.00 e. The Morgan fingerprint density at radius 2 is 1.47 bits per heavy atom. The van der Waals surface area contributed by atoms with Gasteiger partial charge in [0.25, 0.3) is 5.69 Å². The zero-order chi connectivity index (χ0) is 56.4. The van der Waals surface area contributed by atoms with Crippen molar-refractivity contribution in [3.8, 4) is 5.75 Å². The van der Waals surface area contributed by atoms with Gasteiger partial charge in [0.05, 0.1) is 55.6 Å².